The fraction of sp³-hybridized carbons (Fsp3) is 1.00. The molecule has 2 atom stereocenters. The average molecular weight is 186 g/mol. The average Bonchev–Trinajstić information content (AvgIpc) is 2.13. The summed E-state index contributed by atoms with van der Waals surface area (Å²) < 4.78 is 5.56. The second-order valence-electron chi connectivity index (χ2n) is 4.41. The van der Waals surface area contributed by atoms with Crippen LogP contribution in [0.2, 0.25) is 0 Å². The van der Waals surface area contributed by atoms with Gasteiger partial charge in [-0.3, -0.25) is 0 Å². The summed E-state index contributed by atoms with van der Waals surface area (Å²) in [4.78, 5) is 21.1. The van der Waals surface area contributed by atoms with Crippen molar-refractivity contribution in [3.63, 3.8) is 0 Å². The molecule has 74 valence electrons. The summed E-state index contributed by atoms with van der Waals surface area (Å²) in [5.41, 5.74) is -1.41. The van der Waals surface area contributed by atoms with Crippen LogP contribution in [-0.4, -0.2) is 23.3 Å². The van der Waals surface area contributed by atoms with Crippen LogP contribution in [0.15, 0.2) is 10.4 Å². The lowest BCUT2D eigenvalue weighted by Crippen LogP contribution is -2.36. The first-order valence-corrected chi connectivity index (χ1v) is 4.20. The highest BCUT2D eigenvalue weighted by Crippen LogP contribution is 2.41. The Morgan fingerprint density at radius 3 is 1.46 bits per heavy atom. The molecule has 0 bridgehead atoms. The molecule has 2 unspecified atom stereocenters. The van der Waals surface area contributed by atoms with Crippen LogP contribution >= 0.6 is 0 Å². The van der Waals surface area contributed by atoms with Gasteiger partial charge in [0.05, 0.1) is 11.2 Å². The third-order valence-corrected chi connectivity index (χ3v) is 2.48. The van der Waals surface area contributed by atoms with Gasteiger partial charge in [0.25, 0.3) is 0 Å². The molecule has 0 spiro atoms. The lowest BCUT2D eigenvalue weighted by atomic mass is 9.90. The molecule has 0 aromatic rings. The van der Waals surface area contributed by atoms with Crippen molar-refractivity contribution >= 4 is 0 Å². The van der Waals surface area contributed by atoms with Crippen molar-refractivity contribution in [1.29, 1.82) is 0 Å². The number of hydrogen-bond donors (Lipinski definition) is 0. The zero-order chi connectivity index (χ0) is 10.3. The van der Waals surface area contributed by atoms with Gasteiger partial charge in [-0.1, -0.05) is 10.4 Å². The summed E-state index contributed by atoms with van der Waals surface area (Å²) >= 11 is 0. The van der Waals surface area contributed by atoms with Crippen LogP contribution in [0.25, 0.3) is 0 Å². The Balaban J connectivity index is 3.05. The third-order valence-electron chi connectivity index (χ3n) is 2.48. The van der Waals surface area contributed by atoms with E-state index < -0.39 is 23.3 Å². The molecule has 0 saturated carbocycles. The highest BCUT2D eigenvalue weighted by atomic mass is 16.5. The first kappa shape index (κ1) is 10.2. The minimum atomic E-state index is -0.705. The summed E-state index contributed by atoms with van der Waals surface area (Å²) in [6.45, 7) is 6.97. The first-order valence-electron chi connectivity index (χ1n) is 4.20. The normalized spacial score (nSPS) is 35.7. The van der Waals surface area contributed by atoms with E-state index in [2.05, 4.69) is 10.4 Å². The smallest absolute Gasteiger partial charge is 0.149 e. The van der Waals surface area contributed by atoms with Gasteiger partial charge in [0.2, 0.25) is 0 Å². The van der Waals surface area contributed by atoms with Crippen LogP contribution in [0, 0.1) is 9.81 Å². The van der Waals surface area contributed by atoms with Crippen LogP contribution in [-0.2, 0) is 4.74 Å². The quantitative estimate of drug-likeness (QED) is 0.618. The van der Waals surface area contributed by atoms with Gasteiger partial charge in [0.1, 0.15) is 12.1 Å². The van der Waals surface area contributed by atoms with Gasteiger partial charge in [-0.25, -0.2) is 0 Å². The van der Waals surface area contributed by atoms with Crippen molar-refractivity contribution in [3.8, 4) is 0 Å². The van der Waals surface area contributed by atoms with Gasteiger partial charge < -0.3 is 4.74 Å². The molecule has 5 heteroatoms. The predicted octanol–water partition coefficient (Wildman–Crippen LogP) is 1.84. The molecule has 1 rings (SSSR count). The fourth-order valence-corrected chi connectivity index (χ4v) is 1.93. The van der Waals surface area contributed by atoms with E-state index in [0.29, 0.717) is 0 Å². The molecule has 0 aliphatic carbocycles. The van der Waals surface area contributed by atoms with Crippen LogP contribution in [0.1, 0.15) is 27.7 Å². The molecule has 0 amide bonds. The molecule has 0 N–H and O–H groups in total. The second kappa shape index (κ2) is 2.83. The lowest BCUT2D eigenvalue weighted by molar-refractivity contribution is -0.0700. The van der Waals surface area contributed by atoms with E-state index in [1.807, 2.05) is 0 Å². The second-order valence-corrected chi connectivity index (χ2v) is 4.41. The van der Waals surface area contributed by atoms with Crippen LogP contribution in [0.4, 0.5) is 0 Å². The van der Waals surface area contributed by atoms with E-state index in [4.69, 9.17) is 4.74 Å². The summed E-state index contributed by atoms with van der Waals surface area (Å²) in [6, 6.07) is -1.39. The number of nitrogens with zero attached hydrogens (tertiary/aromatic N) is 2. The summed E-state index contributed by atoms with van der Waals surface area (Å²) in [6.07, 6.45) is 0. The Bertz CT molecular complexity index is 214. The highest BCUT2D eigenvalue weighted by Gasteiger charge is 2.56. The van der Waals surface area contributed by atoms with Crippen molar-refractivity contribution in [3.05, 3.63) is 9.81 Å². The number of hydrogen-bond acceptors (Lipinski definition) is 5. The van der Waals surface area contributed by atoms with E-state index in [1.165, 1.54) is 0 Å². The Morgan fingerprint density at radius 1 is 0.923 bits per heavy atom. The summed E-state index contributed by atoms with van der Waals surface area (Å²) in [5, 5.41) is 5.84. The Hall–Kier alpha value is -0.840. The van der Waals surface area contributed by atoms with Gasteiger partial charge in [0, 0.05) is 0 Å². The molecular weight excluding hydrogens is 172 g/mol. The molecule has 0 aromatic heterocycles. The zero-order valence-corrected chi connectivity index (χ0v) is 8.27. The van der Waals surface area contributed by atoms with E-state index in [1.54, 1.807) is 27.7 Å². The molecule has 13 heavy (non-hydrogen) atoms. The molecule has 1 aliphatic heterocycles. The van der Waals surface area contributed by atoms with Crippen molar-refractivity contribution in [1.82, 2.24) is 0 Å². The summed E-state index contributed by atoms with van der Waals surface area (Å²) in [5.74, 6) is 0. The maximum Gasteiger partial charge on any atom is 0.149 e. The minimum absolute atomic E-state index is 0.694. The maximum absolute atomic E-state index is 10.6. The van der Waals surface area contributed by atoms with Crippen molar-refractivity contribution in [2.45, 2.75) is 51.0 Å². The van der Waals surface area contributed by atoms with Crippen molar-refractivity contribution in [2.75, 3.05) is 0 Å². The molecule has 1 heterocycles. The lowest BCUT2D eigenvalue weighted by Gasteiger charge is -2.23. The number of nitroso groups, excluding NO2 is 2. The summed E-state index contributed by atoms with van der Waals surface area (Å²) in [7, 11) is 0. The van der Waals surface area contributed by atoms with Crippen LogP contribution in [0.5, 0.6) is 0 Å². The molecular formula is C8H14N2O3. The third kappa shape index (κ3) is 1.48. The molecule has 1 fully saturated rings. The van der Waals surface area contributed by atoms with Crippen molar-refractivity contribution < 1.29 is 4.74 Å². The van der Waals surface area contributed by atoms with Gasteiger partial charge in [-0.05, 0) is 27.7 Å². The standard InChI is InChI=1S/C8H14N2O3/c1-7(2)5(9-11)6(10-12)8(3,4)13-7/h5-6H,1-4H3. The molecule has 1 saturated heterocycles. The SMILES string of the molecule is CC1(C)OC(C)(C)C(N=O)C1N=O. The highest BCUT2D eigenvalue weighted by molar-refractivity contribution is 5.09. The Labute approximate surface area is 76.8 Å². The van der Waals surface area contributed by atoms with Crippen molar-refractivity contribution in [2.24, 2.45) is 10.4 Å². The van der Waals surface area contributed by atoms with Gasteiger partial charge in [-0.15, -0.1) is 0 Å². The fourth-order valence-electron chi connectivity index (χ4n) is 1.93. The number of ether oxygens (including phenoxy) is 1. The van der Waals surface area contributed by atoms with Gasteiger partial charge in [-0.2, -0.15) is 9.81 Å². The largest absolute Gasteiger partial charge is 0.365 e. The first-order chi connectivity index (χ1) is 5.85. The van der Waals surface area contributed by atoms with Crippen LogP contribution in [0.3, 0.4) is 0 Å². The number of rotatable bonds is 2. The Kier molecular flexibility index (Phi) is 2.23. The van der Waals surface area contributed by atoms with E-state index in [-0.39, 0.29) is 0 Å². The zero-order valence-electron chi connectivity index (χ0n) is 8.27. The predicted molar refractivity (Wildman–Crippen MR) is 48.4 cm³/mol. The molecule has 1 aliphatic rings. The van der Waals surface area contributed by atoms with Crippen LogP contribution < -0.4 is 0 Å². The molecule has 0 radical (unpaired) electrons. The van der Waals surface area contributed by atoms with Gasteiger partial charge in [0.15, 0.2) is 0 Å². The molecule has 5 nitrogen and oxygen atoms in total. The minimum Gasteiger partial charge on any atom is -0.365 e. The van der Waals surface area contributed by atoms with E-state index in [9.17, 15) is 9.81 Å². The molecule has 0 aromatic carbocycles. The van der Waals surface area contributed by atoms with Gasteiger partial charge >= 0.3 is 0 Å². The van der Waals surface area contributed by atoms with E-state index in [0.717, 1.165) is 0 Å². The Morgan fingerprint density at radius 2 is 1.23 bits per heavy atom. The maximum atomic E-state index is 10.6. The monoisotopic (exact) mass is 186 g/mol. The topological polar surface area (TPSA) is 68.1 Å². The van der Waals surface area contributed by atoms with E-state index >= 15 is 0 Å².